The maximum Gasteiger partial charge on any atom is 0.416 e. The predicted octanol–water partition coefficient (Wildman–Crippen LogP) is 7.54. The van der Waals surface area contributed by atoms with Crippen LogP contribution in [0.25, 0.3) is 0 Å². The molecule has 0 bridgehead atoms. The van der Waals surface area contributed by atoms with E-state index in [2.05, 4.69) is 6.07 Å². The summed E-state index contributed by atoms with van der Waals surface area (Å²) in [7, 11) is 0. The second-order valence-electron chi connectivity index (χ2n) is 7.63. The van der Waals surface area contributed by atoms with Crippen LogP contribution in [0.2, 0.25) is 10.0 Å². The lowest BCUT2D eigenvalue weighted by Crippen LogP contribution is -2.08. The highest BCUT2D eigenvalue weighted by molar-refractivity contribution is 6.32. The predicted molar refractivity (Wildman–Crippen MR) is 99.2 cm³/mol. The first kappa shape index (κ1) is 18.2. The van der Waals surface area contributed by atoms with Gasteiger partial charge in [-0.3, -0.25) is 0 Å². The highest BCUT2D eigenvalue weighted by Gasteiger charge is 2.40. The van der Waals surface area contributed by atoms with Crippen LogP contribution < -0.4 is 0 Å². The number of aryl methyl sites for hydroxylation is 1. The van der Waals surface area contributed by atoms with E-state index >= 15 is 0 Å². The van der Waals surface area contributed by atoms with Crippen LogP contribution in [-0.2, 0) is 12.6 Å². The molecule has 0 aliphatic heterocycles. The minimum absolute atomic E-state index is 0.189. The molecule has 0 amide bonds. The van der Waals surface area contributed by atoms with E-state index < -0.39 is 11.7 Å². The van der Waals surface area contributed by atoms with Gasteiger partial charge in [-0.15, -0.1) is 0 Å². The van der Waals surface area contributed by atoms with Gasteiger partial charge in [-0.05, 0) is 90.8 Å². The first-order valence-electron chi connectivity index (χ1n) is 8.89. The lowest BCUT2D eigenvalue weighted by atomic mass is 9.97. The zero-order valence-corrected chi connectivity index (χ0v) is 15.8. The van der Waals surface area contributed by atoms with Crippen LogP contribution in [0.1, 0.15) is 58.9 Å². The van der Waals surface area contributed by atoms with E-state index in [-0.39, 0.29) is 5.92 Å². The molecule has 0 N–H and O–H groups in total. The van der Waals surface area contributed by atoms with Crippen LogP contribution in [0.4, 0.5) is 13.2 Å². The van der Waals surface area contributed by atoms with E-state index in [0.29, 0.717) is 34.4 Å². The third kappa shape index (κ3) is 3.61. The third-order valence-electron chi connectivity index (χ3n) is 5.55. The highest BCUT2D eigenvalue weighted by Crippen LogP contribution is 2.52. The van der Waals surface area contributed by atoms with E-state index in [4.69, 9.17) is 23.2 Å². The number of hydrogen-bond acceptors (Lipinski definition) is 0. The molecule has 0 spiro atoms. The molecule has 2 fully saturated rings. The van der Waals surface area contributed by atoms with Gasteiger partial charge >= 0.3 is 6.18 Å². The fourth-order valence-electron chi connectivity index (χ4n) is 3.72. The zero-order chi connectivity index (χ0) is 18.6. The standard InChI is InChI=1S/C21H19Cl2F3/c1-11-2-3-13(9-19(11)22)17-8-14(17)6-15-7-16(21(24,25)26)10-18(20(15)23)12-4-5-12/h2-3,7,9-10,12,14,17H,4-6,8H2,1H3. The summed E-state index contributed by atoms with van der Waals surface area (Å²) >= 11 is 12.7. The van der Waals surface area contributed by atoms with Gasteiger partial charge in [-0.2, -0.15) is 13.2 Å². The number of alkyl halides is 3. The van der Waals surface area contributed by atoms with E-state index in [1.54, 1.807) is 0 Å². The number of hydrogen-bond donors (Lipinski definition) is 0. The van der Waals surface area contributed by atoms with Crippen molar-refractivity contribution in [3.8, 4) is 0 Å². The minimum atomic E-state index is -4.34. The lowest BCUT2D eigenvalue weighted by molar-refractivity contribution is -0.137. The Morgan fingerprint density at radius 2 is 1.81 bits per heavy atom. The maximum atomic E-state index is 13.3. The second-order valence-corrected chi connectivity index (χ2v) is 8.41. The maximum absolute atomic E-state index is 13.3. The van der Waals surface area contributed by atoms with Gasteiger partial charge in [0.05, 0.1) is 5.56 Å². The summed E-state index contributed by atoms with van der Waals surface area (Å²) in [6, 6.07) is 8.52. The quantitative estimate of drug-likeness (QED) is 0.498. The molecule has 138 valence electrons. The third-order valence-corrected chi connectivity index (χ3v) is 6.42. The minimum Gasteiger partial charge on any atom is -0.166 e. The Morgan fingerprint density at radius 3 is 2.42 bits per heavy atom. The molecule has 0 saturated heterocycles. The van der Waals surface area contributed by atoms with Crippen molar-refractivity contribution in [1.29, 1.82) is 0 Å². The molecule has 2 aromatic rings. The molecule has 0 aromatic heterocycles. The Bertz CT molecular complexity index is 853. The van der Waals surface area contributed by atoms with Crippen LogP contribution in [-0.4, -0.2) is 0 Å². The van der Waals surface area contributed by atoms with Gasteiger partial charge in [0, 0.05) is 10.0 Å². The Hall–Kier alpha value is -1.19. The van der Waals surface area contributed by atoms with Crippen molar-refractivity contribution < 1.29 is 13.2 Å². The molecule has 2 saturated carbocycles. The normalized spacial score (nSPS) is 22.5. The van der Waals surface area contributed by atoms with E-state index in [9.17, 15) is 13.2 Å². The van der Waals surface area contributed by atoms with Gasteiger partial charge in [0.25, 0.3) is 0 Å². The van der Waals surface area contributed by atoms with E-state index in [1.807, 2.05) is 19.1 Å². The highest BCUT2D eigenvalue weighted by atomic mass is 35.5. The summed E-state index contributed by atoms with van der Waals surface area (Å²) in [5.41, 5.74) is 2.93. The molecule has 2 unspecified atom stereocenters. The van der Waals surface area contributed by atoms with Crippen molar-refractivity contribution in [2.45, 2.75) is 50.6 Å². The average molecular weight is 399 g/mol. The molecular formula is C21H19Cl2F3. The van der Waals surface area contributed by atoms with Crippen LogP contribution in [0.15, 0.2) is 30.3 Å². The lowest BCUT2D eigenvalue weighted by Gasteiger charge is -2.15. The summed E-state index contributed by atoms with van der Waals surface area (Å²) in [5.74, 6) is 0.861. The largest absolute Gasteiger partial charge is 0.416 e. The molecule has 2 aliphatic rings. The van der Waals surface area contributed by atoms with Crippen molar-refractivity contribution in [3.05, 3.63) is 68.2 Å². The van der Waals surface area contributed by atoms with Gasteiger partial charge in [0.2, 0.25) is 0 Å². The summed E-state index contributed by atoms with van der Waals surface area (Å²) in [6.45, 7) is 1.96. The molecule has 2 aliphatic carbocycles. The number of benzene rings is 2. The summed E-state index contributed by atoms with van der Waals surface area (Å²) in [4.78, 5) is 0. The Morgan fingerprint density at radius 1 is 1.08 bits per heavy atom. The molecule has 5 heteroatoms. The van der Waals surface area contributed by atoms with Gasteiger partial charge in [-0.25, -0.2) is 0 Å². The molecule has 0 radical (unpaired) electrons. The smallest absolute Gasteiger partial charge is 0.166 e. The number of rotatable bonds is 4. The number of halogens is 5. The molecule has 4 rings (SSSR count). The van der Waals surface area contributed by atoms with Crippen LogP contribution >= 0.6 is 23.2 Å². The van der Waals surface area contributed by atoms with Crippen LogP contribution in [0.5, 0.6) is 0 Å². The van der Waals surface area contributed by atoms with Crippen LogP contribution in [0, 0.1) is 12.8 Å². The summed E-state index contributed by atoms with van der Waals surface area (Å²) < 4.78 is 39.8. The summed E-state index contributed by atoms with van der Waals surface area (Å²) in [6.07, 6.45) is -0.942. The molecule has 0 nitrogen and oxygen atoms in total. The van der Waals surface area contributed by atoms with Gasteiger partial charge < -0.3 is 0 Å². The molecule has 26 heavy (non-hydrogen) atoms. The molecule has 0 heterocycles. The average Bonchev–Trinajstić information content (AvgIpc) is 3.45. The first-order valence-corrected chi connectivity index (χ1v) is 9.65. The molecule has 2 aromatic carbocycles. The zero-order valence-electron chi connectivity index (χ0n) is 14.3. The van der Waals surface area contributed by atoms with Gasteiger partial charge in [0.15, 0.2) is 0 Å². The second kappa shape index (κ2) is 6.45. The fourth-order valence-corrected chi connectivity index (χ4v) is 4.25. The molecule has 2 atom stereocenters. The molecular weight excluding hydrogens is 380 g/mol. The van der Waals surface area contributed by atoms with Crippen molar-refractivity contribution in [3.63, 3.8) is 0 Å². The van der Waals surface area contributed by atoms with Gasteiger partial charge in [0.1, 0.15) is 0 Å². The topological polar surface area (TPSA) is 0 Å². The van der Waals surface area contributed by atoms with Crippen LogP contribution in [0.3, 0.4) is 0 Å². The Balaban J connectivity index is 1.58. The van der Waals surface area contributed by atoms with Crippen molar-refractivity contribution in [2.75, 3.05) is 0 Å². The Labute approximate surface area is 161 Å². The Kier molecular flexibility index (Phi) is 4.51. The SMILES string of the molecule is Cc1ccc(C2CC2Cc2cc(C(F)(F)F)cc(C3CC3)c2Cl)cc1Cl. The van der Waals surface area contributed by atoms with Crippen molar-refractivity contribution in [2.24, 2.45) is 5.92 Å². The van der Waals surface area contributed by atoms with Gasteiger partial charge in [-0.1, -0.05) is 35.3 Å². The van der Waals surface area contributed by atoms with E-state index in [0.717, 1.165) is 35.4 Å². The van der Waals surface area contributed by atoms with E-state index in [1.165, 1.54) is 12.1 Å². The van der Waals surface area contributed by atoms with Crippen molar-refractivity contribution >= 4 is 23.2 Å². The summed E-state index contributed by atoms with van der Waals surface area (Å²) in [5, 5.41) is 1.27. The fraction of sp³-hybridized carbons (Fsp3) is 0.429. The monoisotopic (exact) mass is 398 g/mol. The van der Waals surface area contributed by atoms with Crippen molar-refractivity contribution in [1.82, 2.24) is 0 Å². The first-order chi connectivity index (χ1) is 12.2.